The number of rotatable bonds is 4. The quantitative estimate of drug-likeness (QED) is 0.654. The molecule has 0 bridgehead atoms. The number of amides is 3. The van der Waals surface area contributed by atoms with Crippen molar-refractivity contribution < 1.29 is 14.4 Å². The summed E-state index contributed by atoms with van der Waals surface area (Å²) in [5.41, 5.74) is 2.38. The number of hydrogen-bond acceptors (Lipinski definition) is 3. The first-order valence-corrected chi connectivity index (χ1v) is 8.08. The molecule has 1 aliphatic heterocycles. The van der Waals surface area contributed by atoms with Gasteiger partial charge in [0.05, 0.1) is 0 Å². The predicted molar refractivity (Wildman–Crippen MR) is 93.8 cm³/mol. The fourth-order valence-electron chi connectivity index (χ4n) is 2.63. The van der Waals surface area contributed by atoms with E-state index in [4.69, 9.17) is 0 Å². The van der Waals surface area contributed by atoms with Crippen LogP contribution in [0.1, 0.15) is 25.8 Å². The number of anilines is 2. The molecule has 0 radical (unpaired) electrons. The summed E-state index contributed by atoms with van der Waals surface area (Å²) in [4.78, 5) is 37.6. The Hall–Kier alpha value is -2.63. The number of nitrogens with zero attached hydrogens (tertiary/aromatic N) is 1. The van der Waals surface area contributed by atoms with E-state index in [1.54, 1.807) is 17.0 Å². The van der Waals surface area contributed by atoms with E-state index < -0.39 is 11.8 Å². The number of aryl methyl sites for hydroxylation is 1. The molecule has 2 rings (SSSR count). The zero-order valence-corrected chi connectivity index (χ0v) is 14.1. The van der Waals surface area contributed by atoms with E-state index in [0.29, 0.717) is 12.2 Å². The van der Waals surface area contributed by atoms with Crippen LogP contribution in [0, 0.1) is 5.92 Å². The maximum atomic E-state index is 12.4. The lowest BCUT2D eigenvalue weighted by molar-refractivity contribution is -0.136. The Bertz CT molecular complexity index is 667. The van der Waals surface area contributed by atoms with E-state index in [-0.39, 0.29) is 18.4 Å². The van der Waals surface area contributed by atoms with Crippen molar-refractivity contribution in [3.05, 3.63) is 36.4 Å². The van der Waals surface area contributed by atoms with Crippen LogP contribution in [-0.2, 0) is 20.8 Å². The first kappa shape index (κ1) is 17.7. The second kappa shape index (κ2) is 7.77. The number of carbonyl (C=O) groups excluding carboxylic acids is 3. The van der Waals surface area contributed by atoms with Crippen LogP contribution in [-0.4, -0.2) is 30.8 Å². The highest BCUT2D eigenvalue weighted by Gasteiger charge is 2.25. The molecule has 0 saturated carbocycles. The lowest BCUT2D eigenvalue weighted by Crippen LogP contribution is -2.38. The molecule has 1 heterocycles. The maximum absolute atomic E-state index is 12.4. The molecule has 2 N–H and O–H groups in total. The average Bonchev–Trinajstić information content (AvgIpc) is 2.58. The number of hydrogen-bond donors (Lipinski definition) is 2. The van der Waals surface area contributed by atoms with Gasteiger partial charge in [-0.2, -0.15) is 0 Å². The largest absolute Gasteiger partial charge is 0.344 e. The summed E-state index contributed by atoms with van der Waals surface area (Å²) in [5.74, 6) is -1.50. The van der Waals surface area contributed by atoms with E-state index >= 15 is 0 Å². The summed E-state index contributed by atoms with van der Waals surface area (Å²) in [5, 5.41) is 4.99. The topological polar surface area (TPSA) is 78.5 Å². The number of carbonyl (C=O) groups is 3. The molecule has 1 aliphatic rings. The summed E-state index contributed by atoms with van der Waals surface area (Å²) in [6.07, 6.45) is 3.31. The molecule has 0 aliphatic carbocycles. The molecule has 6 nitrogen and oxygen atoms in total. The lowest BCUT2D eigenvalue weighted by Gasteiger charge is -2.31. The molecule has 1 aromatic rings. The fraction of sp³-hybridized carbons (Fsp3) is 0.389. The SMILES string of the molecule is C=CCNC(=O)C(=O)Nc1ccc2c(c1)N(C(=O)C(C)C)CCC2. The monoisotopic (exact) mass is 329 g/mol. The lowest BCUT2D eigenvalue weighted by atomic mass is 9.99. The van der Waals surface area contributed by atoms with Gasteiger partial charge in [0.25, 0.3) is 0 Å². The van der Waals surface area contributed by atoms with Crippen molar-refractivity contribution in [1.82, 2.24) is 5.32 Å². The van der Waals surface area contributed by atoms with Crippen LogP contribution < -0.4 is 15.5 Å². The Kier molecular flexibility index (Phi) is 5.73. The second-order valence-corrected chi connectivity index (χ2v) is 6.04. The molecular formula is C18H23N3O3. The van der Waals surface area contributed by atoms with Crippen molar-refractivity contribution in [2.75, 3.05) is 23.3 Å². The molecule has 1 aromatic carbocycles. The van der Waals surface area contributed by atoms with Gasteiger partial charge in [-0.1, -0.05) is 26.0 Å². The van der Waals surface area contributed by atoms with Crippen molar-refractivity contribution in [1.29, 1.82) is 0 Å². The Morgan fingerprint density at radius 1 is 1.29 bits per heavy atom. The molecule has 0 fully saturated rings. The summed E-state index contributed by atoms with van der Waals surface area (Å²) >= 11 is 0. The van der Waals surface area contributed by atoms with Gasteiger partial charge in [0.2, 0.25) is 5.91 Å². The average molecular weight is 329 g/mol. The third-order valence-corrected chi connectivity index (χ3v) is 3.83. The molecule has 0 atom stereocenters. The molecule has 0 aromatic heterocycles. The van der Waals surface area contributed by atoms with Crippen LogP contribution in [0.2, 0.25) is 0 Å². The smallest absolute Gasteiger partial charge is 0.313 e. The van der Waals surface area contributed by atoms with Gasteiger partial charge in [-0.15, -0.1) is 6.58 Å². The van der Waals surface area contributed by atoms with Gasteiger partial charge in [-0.05, 0) is 30.5 Å². The Morgan fingerprint density at radius 2 is 2.04 bits per heavy atom. The van der Waals surface area contributed by atoms with Gasteiger partial charge in [0.1, 0.15) is 0 Å². The van der Waals surface area contributed by atoms with E-state index in [2.05, 4.69) is 17.2 Å². The van der Waals surface area contributed by atoms with E-state index in [0.717, 1.165) is 24.1 Å². The summed E-state index contributed by atoms with van der Waals surface area (Å²) in [6, 6.07) is 5.40. The predicted octanol–water partition coefficient (Wildman–Crippen LogP) is 1.86. The van der Waals surface area contributed by atoms with Crippen LogP contribution >= 0.6 is 0 Å². The van der Waals surface area contributed by atoms with Crippen LogP contribution in [0.25, 0.3) is 0 Å². The van der Waals surface area contributed by atoms with Crippen molar-refractivity contribution >= 4 is 29.1 Å². The van der Waals surface area contributed by atoms with Crippen LogP contribution in [0.5, 0.6) is 0 Å². The van der Waals surface area contributed by atoms with Crippen molar-refractivity contribution in [3.8, 4) is 0 Å². The number of benzene rings is 1. The van der Waals surface area contributed by atoms with Gasteiger partial charge >= 0.3 is 11.8 Å². The maximum Gasteiger partial charge on any atom is 0.313 e. The first-order valence-electron chi connectivity index (χ1n) is 8.08. The number of nitrogens with one attached hydrogen (secondary N) is 2. The van der Waals surface area contributed by atoms with E-state index in [1.807, 2.05) is 19.9 Å². The highest BCUT2D eigenvalue weighted by molar-refractivity contribution is 6.39. The molecule has 128 valence electrons. The van der Waals surface area contributed by atoms with Gasteiger partial charge in [0.15, 0.2) is 0 Å². The molecule has 6 heteroatoms. The summed E-state index contributed by atoms with van der Waals surface area (Å²) in [6.45, 7) is 8.11. The van der Waals surface area contributed by atoms with Gasteiger partial charge in [-0.3, -0.25) is 14.4 Å². The summed E-state index contributed by atoms with van der Waals surface area (Å²) < 4.78 is 0. The minimum absolute atomic E-state index is 0.0585. The third-order valence-electron chi connectivity index (χ3n) is 3.83. The fourth-order valence-corrected chi connectivity index (χ4v) is 2.63. The van der Waals surface area contributed by atoms with E-state index in [9.17, 15) is 14.4 Å². The zero-order chi connectivity index (χ0) is 17.7. The van der Waals surface area contributed by atoms with Gasteiger partial charge in [0, 0.05) is 30.4 Å². The van der Waals surface area contributed by atoms with Gasteiger partial charge in [-0.25, -0.2) is 0 Å². The highest BCUT2D eigenvalue weighted by atomic mass is 16.2. The Labute approximate surface area is 141 Å². The highest BCUT2D eigenvalue weighted by Crippen LogP contribution is 2.31. The Balaban J connectivity index is 2.18. The molecule has 24 heavy (non-hydrogen) atoms. The normalized spacial score (nSPS) is 13.2. The first-order chi connectivity index (χ1) is 11.4. The van der Waals surface area contributed by atoms with Crippen LogP contribution in [0.4, 0.5) is 11.4 Å². The molecule has 0 spiro atoms. The van der Waals surface area contributed by atoms with Crippen LogP contribution in [0.15, 0.2) is 30.9 Å². The third kappa shape index (κ3) is 4.01. The van der Waals surface area contributed by atoms with E-state index in [1.165, 1.54) is 6.08 Å². The minimum Gasteiger partial charge on any atom is -0.344 e. The molecule has 3 amide bonds. The zero-order valence-electron chi connectivity index (χ0n) is 14.1. The van der Waals surface area contributed by atoms with Crippen molar-refractivity contribution in [3.63, 3.8) is 0 Å². The van der Waals surface area contributed by atoms with Crippen LogP contribution in [0.3, 0.4) is 0 Å². The second-order valence-electron chi connectivity index (χ2n) is 6.04. The summed E-state index contributed by atoms with van der Waals surface area (Å²) in [7, 11) is 0. The minimum atomic E-state index is -0.741. The van der Waals surface area contributed by atoms with Crippen molar-refractivity contribution in [2.45, 2.75) is 26.7 Å². The molecule has 0 unspecified atom stereocenters. The molecular weight excluding hydrogens is 306 g/mol. The molecule has 0 saturated heterocycles. The number of fused-ring (bicyclic) bond motifs is 1. The van der Waals surface area contributed by atoms with Crippen molar-refractivity contribution in [2.24, 2.45) is 5.92 Å². The van der Waals surface area contributed by atoms with Gasteiger partial charge < -0.3 is 15.5 Å². The Morgan fingerprint density at radius 3 is 2.71 bits per heavy atom. The standard InChI is InChI=1S/C18H23N3O3/c1-4-9-19-16(22)17(23)20-14-8-7-13-6-5-10-21(15(13)11-14)18(24)12(2)3/h4,7-8,11-12H,1,5-6,9-10H2,2-3H3,(H,19,22)(H,20,23).